The summed E-state index contributed by atoms with van der Waals surface area (Å²) in [4.78, 5) is 66.9. The number of nitrogens with two attached hydrogens (primary N) is 3. The van der Waals surface area contributed by atoms with E-state index in [1.54, 1.807) is 0 Å². The van der Waals surface area contributed by atoms with E-state index in [9.17, 15) is 24.0 Å². The van der Waals surface area contributed by atoms with Gasteiger partial charge in [-0.15, -0.1) is 5.10 Å². The maximum atomic E-state index is 13.2. The van der Waals surface area contributed by atoms with Crippen molar-refractivity contribution in [2.24, 2.45) is 22.2 Å². The number of carbonyl (C=O) groups excluding carboxylic acids is 5. The Kier molecular flexibility index (Phi) is 12.6. The molecular formula is C22H37N11O5. The summed E-state index contributed by atoms with van der Waals surface area (Å²) in [5.74, 6) is -1.97. The van der Waals surface area contributed by atoms with Gasteiger partial charge in [-0.2, -0.15) is 4.68 Å². The van der Waals surface area contributed by atoms with Crippen molar-refractivity contribution < 1.29 is 24.0 Å². The minimum absolute atomic E-state index is 0.0972. The van der Waals surface area contributed by atoms with Gasteiger partial charge in [-0.05, 0) is 57.9 Å². The fourth-order valence-electron chi connectivity index (χ4n) is 3.73. The van der Waals surface area contributed by atoms with Gasteiger partial charge in [-0.3, -0.25) is 19.4 Å². The summed E-state index contributed by atoms with van der Waals surface area (Å²) >= 11 is 0. The van der Waals surface area contributed by atoms with Crippen LogP contribution in [-0.2, 0) is 14.4 Å². The number of aromatic nitrogens is 3. The zero-order valence-corrected chi connectivity index (χ0v) is 21.2. The molecule has 1 aliphatic heterocycles. The van der Waals surface area contributed by atoms with Crippen molar-refractivity contribution in [3.63, 3.8) is 0 Å². The molecule has 1 aromatic heterocycles. The fraction of sp³-hybridized carbons (Fsp3) is 0.636. The summed E-state index contributed by atoms with van der Waals surface area (Å²) in [7, 11) is 0. The lowest BCUT2D eigenvalue weighted by Gasteiger charge is -2.24. The van der Waals surface area contributed by atoms with Crippen LogP contribution in [0.25, 0.3) is 0 Å². The first-order valence-corrected chi connectivity index (χ1v) is 12.6. The van der Waals surface area contributed by atoms with Crippen molar-refractivity contribution >= 4 is 36.0 Å². The Hall–Kier alpha value is -4.08. The Balaban J connectivity index is 2.29. The number of aliphatic imine (C=N–C) groups is 1. The third kappa shape index (κ3) is 10.1. The number of aldehydes is 1. The molecule has 0 saturated carbocycles. The van der Waals surface area contributed by atoms with Gasteiger partial charge in [0.1, 0.15) is 18.4 Å². The predicted octanol–water partition coefficient (Wildman–Crippen LogP) is -2.53. The minimum Gasteiger partial charge on any atom is -0.370 e. The van der Waals surface area contributed by atoms with E-state index in [4.69, 9.17) is 17.2 Å². The molecule has 16 nitrogen and oxygen atoms in total. The number of nitrogens with zero attached hydrogens (tertiary/aromatic N) is 4. The van der Waals surface area contributed by atoms with Crippen molar-refractivity contribution in [1.82, 2.24) is 36.3 Å². The second kappa shape index (κ2) is 15.9. The van der Waals surface area contributed by atoms with Gasteiger partial charge in [0, 0.05) is 13.1 Å². The van der Waals surface area contributed by atoms with Crippen LogP contribution < -0.4 is 38.5 Å². The highest BCUT2D eigenvalue weighted by Gasteiger charge is 2.28. The summed E-state index contributed by atoms with van der Waals surface area (Å²) in [5, 5.41) is 18.0. The minimum atomic E-state index is -1.03. The number of rotatable bonds is 9. The molecule has 0 unspecified atom stereocenters. The molecule has 3 atom stereocenters. The second-order valence-electron chi connectivity index (χ2n) is 8.85. The van der Waals surface area contributed by atoms with Crippen LogP contribution in [0.3, 0.4) is 0 Å². The van der Waals surface area contributed by atoms with E-state index in [1.165, 1.54) is 0 Å². The molecule has 10 N–H and O–H groups in total. The van der Waals surface area contributed by atoms with Gasteiger partial charge in [0.2, 0.25) is 11.8 Å². The van der Waals surface area contributed by atoms with Gasteiger partial charge in [-0.1, -0.05) is 5.21 Å². The first-order valence-electron chi connectivity index (χ1n) is 12.6. The third-order valence-corrected chi connectivity index (χ3v) is 5.79. The van der Waals surface area contributed by atoms with Crippen LogP contribution in [0, 0.1) is 0 Å². The lowest BCUT2D eigenvalue weighted by molar-refractivity contribution is -0.131. The van der Waals surface area contributed by atoms with Crippen molar-refractivity contribution in [1.29, 1.82) is 0 Å². The van der Waals surface area contributed by atoms with E-state index in [0.717, 1.165) is 10.9 Å². The Morgan fingerprint density at radius 1 is 1.03 bits per heavy atom. The van der Waals surface area contributed by atoms with Crippen LogP contribution in [0.2, 0.25) is 0 Å². The quantitative estimate of drug-likeness (QED) is 0.0755. The fourth-order valence-corrected chi connectivity index (χ4v) is 3.73. The number of fused-ring (bicyclic) bond motifs is 2. The number of nitrogens with one attached hydrogen (secondary N) is 4. The summed E-state index contributed by atoms with van der Waals surface area (Å²) < 4.78 is 0.891. The molecule has 2 bridgehead atoms. The third-order valence-electron chi connectivity index (χ3n) is 5.79. The first-order chi connectivity index (χ1) is 18.2. The molecule has 0 saturated heterocycles. The van der Waals surface area contributed by atoms with Crippen molar-refractivity contribution in [3.8, 4) is 0 Å². The normalized spacial score (nSPS) is 21.7. The van der Waals surface area contributed by atoms with Gasteiger partial charge in [0.05, 0.1) is 12.2 Å². The summed E-state index contributed by atoms with van der Waals surface area (Å²) in [6.07, 6.45) is 5.10. The number of unbranched alkanes of at least 4 members (excludes halogenated alkanes) is 1. The molecule has 2 rings (SSSR count). The van der Waals surface area contributed by atoms with Crippen LogP contribution in [0.15, 0.2) is 11.2 Å². The van der Waals surface area contributed by atoms with Crippen LogP contribution in [-0.4, -0.2) is 88.8 Å². The van der Waals surface area contributed by atoms with E-state index < -0.39 is 41.9 Å². The van der Waals surface area contributed by atoms with Gasteiger partial charge in [-0.25, -0.2) is 4.79 Å². The highest BCUT2D eigenvalue weighted by molar-refractivity contribution is 5.97. The van der Waals surface area contributed by atoms with Crippen LogP contribution in [0.1, 0.15) is 61.9 Å². The molecule has 0 radical (unpaired) electrons. The largest absolute Gasteiger partial charge is 0.370 e. The molecular weight excluding hydrogens is 498 g/mol. The molecule has 210 valence electrons. The van der Waals surface area contributed by atoms with Crippen LogP contribution in [0.5, 0.6) is 0 Å². The average Bonchev–Trinajstić information content (AvgIpc) is 3.38. The molecule has 2 heterocycles. The Morgan fingerprint density at radius 2 is 1.74 bits per heavy atom. The highest BCUT2D eigenvalue weighted by Crippen LogP contribution is 2.07. The van der Waals surface area contributed by atoms with Gasteiger partial charge < -0.3 is 43.3 Å². The van der Waals surface area contributed by atoms with Crippen LogP contribution in [0.4, 0.5) is 4.79 Å². The molecule has 0 fully saturated rings. The Labute approximate surface area is 219 Å². The molecule has 0 spiro atoms. The molecule has 0 aromatic carbocycles. The molecule has 1 aromatic rings. The number of hydrogen-bond donors (Lipinski definition) is 7. The smallest absolute Gasteiger partial charge is 0.343 e. The second-order valence-corrected chi connectivity index (χ2v) is 8.85. The number of amides is 4. The maximum absolute atomic E-state index is 13.2. The predicted molar refractivity (Wildman–Crippen MR) is 137 cm³/mol. The van der Waals surface area contributed by atoms with E-state index in [1.807, 2.05) is 0 Å². The standard InChI is InChI=1S/C22H37N11O5/c23-9-3-1-7-15-19(36)29-16(8-5-11-26-21(24)25)18(35)28-14(13-34)6-2-4-10-27-22(38)33-12-17(31-32-33)20(37)30-15/h12-16H,1-11,23H2,(H,27,38)(H,28,35)(H,29,36)(H,30,37)(H4,24,25,26)/t14-,15-,16-/m0/s1. The van der Waals surface area contributed by atoms with Gasteiger partial charge >= 0.3 is 6.03 Å². The van der Waals surface area contributed by atoms with Crippen molar-refractivity contribution in [3.05, 3.63) is 11.9 Å². The first kappa shape index (κ1) is 30.1. The topological polar surface area (TPSA) is 255 Å². The molecule has 38 heavy (non-hydrogen) atoms. The lowest BCUT2D eigenvalue weighted by atomic mass is 10.0. The van der Waals surface area contributed by atoms with Crippen molar-refractivity contribution in [2.75, 3.05) is 19.6 Å². The van der Waals surface area contributed by atoms with E-state index in [0.29, 0.717) is 51.4 Å². The van der Waals surface area contributed by atoms with E-state index in [2.05, 4.69) is 36.6 Å². The molecule has 16 heteroatoms. The van der Waals surface area contributed by atoms with Crippen molar-refractivity contribution in [2.45, 2.75) is 69.5 Å². The summed E-state index contributed by atoms with van der Waals surface area (Å²) in [6, 6.07) is -3.40. The lowest BCUT2D eigenvalue weighted by Crippen LogP contribution is -2.55. The number of guanidine groups is 1. The van der Waals surface area contributed by atoms with Crippen LogP contribution >= 0.6 is 0 Å². The maximum Gasteiger partial charge on any atom is 0.343 e. The SMILES string of the molecule is NCCCC[C@@H]1NC(=O)c2cn(nn2)C(=O)NCCCC[C@@H](C=O)NC(=O)[C@H](CCCN=C(N)N)NC1=O. The Bertz CT molecular complexity index is 992. The molecule has 4 amide bonds. The average molecular weight is 536 g/mol. The zero-order valence-electron chi connectivity index (χ0n) is 21.2. The Morgan fingerprint density at radius 3 is 2.45 bits per heavy atom. The molecule has 1 aliphatic rings. The zero-order chi connectivity index (χ0) is 27.9. The summed E-state index contributed by atoms with van der Waals surface area (Å²) in [6.45, 7) is 0.915. The van der Waals surface area contributed by atoms with Gasteiger partial charge in [0.15, 0.2) is 11.7 Å². The number of hydrogen-bond acceptors (Lipinski definition) is 9. The summed E-state index contributed by atoms with van der Waals surface area (Å²) in [5.41, 5.74) is 16.1. The van der Waals surface area contributed by atoms with Gasteiger partial charge in [0.25, 0.3) is 5.91 Å². The monoisotopic (exact) mass is 535 g/mol. The van der Waals surface area contributed by atoms with E-state index in [-0.39, 0.29) is 37.6 Å². The van der Waals surface area contributed by atoms with E-state index >= 15 is 0 Å². The number of carbonyl (C=O) groups is 5. The molecule has 0 aliphatic carbocycles. The highest BCUT2D eigenvalue weighted by atomic mass is 16.2.